The average molecular weight is 400 g/mol. The quantitative estimate of drug-likeness (QED) is 0.427. The maximum absolute atomic E-state index is 6.39. The number of benzene rings is 2. The van der Waals surface area contributed by atoms with E-state index in [0.29, 0.717) is 0 Å². The molecule has 0 saturated heterocycles. The summed E-state index contributed by atoms with van der Waals surface area (Å²) >= 11 is 0. The van der Waals surface area contributed by atoms with Gasteiger partial charge in [0, 0.05) is 23.7 Å². The molecule has 0 radical (unpaired) electrons. The molecule has 0 unspecified atom stereocenters. The van der Waals surface area contributed by atoms with E-state index in [9.17, 15) is 0 Å². The fourth-order valence-corrected chi connectivity index (χ4v) is 4.43. The van der Waals surface area contributed by atoms with Gasteiger partial charge in [0.2, 0.25) is 0 Å². The van der Waals surface area contributed by atoms with Crippen molar-refractivity contribution in [2.24, 2.45) is 0 Å². The van der Waals surface area contributed by atoms with Crippen molar-refractivity contribution in [2.75, 3.05) is 7.11 Å². The number of aromatic nitrogens is 1. The number of ether oxygens (including phenoxy) is 2. The van der Waals surface area contributed by atoms with Crippen molar-refractivity contribution >= 4 is 0 Å². The number of nitrogens with zero attached hydrogens (tertiary/aromatic N) is 1. The van der Waals surface area contributed by atoms with Gasteiger partial charge in [-0.2, -0.15) is 0 Å². The molecule has 1 aromatic heterocycles. The molecule has 0 aliphatic heterocycles. The first kappa shape index (κ1) is 20.2. The van der Waals surface area contributed by atoms with E-state index in [1.807, 2.05) is 36.5 Å². The minimum atomic E-state index is -0.421. The molecule has 0 amide bonds. The number of allylic oxidation sites excluding steroid dienone is 1. The molecule has 30 heavy (non-hydrogen) atoms. The standard InChI is InChI=1S/C27H29NO2/c1-3-27(21-11-5-4-6-12-21,20-23-13-9-10-18-28-23)22-16-17-25(29-2)26(19-22)30-24-14-7-8-15-24/h3-6,9-13,16-19,24H,1,7-8,14-15,20H2,2H3/t27-/m0/s1. The van der Waals surface area contributed by atoms with E-state index in [4.69, 9.17) is 9.47 Å². The molecule has 2 aromatic carbocycles. The first-order valence-electron chi connectivity index (χ1n) is 10.7. The molecule has 154 valence electrons. The van der Waals surface area contributed by atoms with Gasteiger partial charge in [0.15, 0.2) is 11.5 Å². The van der Waals surface area contributed by atoms with E-state index < -0.39 is 5.41 Å². The van der Waals surface area contributed by atoms with Crippen molar-refractivity contribution in [1.82, 2.24) is 4.98 Å². The molecule has 3 nitrogen and oxygen atoms in total. The summed E-state index contributed by atoms with van der Waals surface area (Å²) in [6, 6.07) is 22.8. The van der Waals surface area contributed by atoms with Gasteiger partial charge in [-0.1, -0.05) is 48.5 Å². The van der Waals surface area contributed by atoms with Gasteiger partial charge in [0.25, 0.3) is 0 Å². The molecule has 0 N–H and O–H groups in total. The third kappa shape index (κ3) is 4.11. The molecular weight excluding hydrogens is 370 g/mol. The number of hydrogen-bond donors (Lipinski definition) is 0. The highest BCUT2D eigenvalue weighted by Gasteiger charge is 2.33. The van der Waals surface area contributed by atoms with Crippen LogP contribution in [-0.2, 0) is 11.8 Å². The second kappa shape index (κ2) is 9.17. The molecule has 0 bridgehead atoms. The summed E-state index contributed by atoms with van der Waals surface area (Å²) in [4.78, 5) is 4.60. The Morgan fingerprint density at radius 3 is 2.40 bits per heavy atom. The largest absolute Gasteiger partial charge is 0.493 e. The van der Waals surface area contributed by atoms with Crippen LogP contribution in [0.2, 0.25) is 0 Å². The molecule has 1 saturated carbocycles. The van der Waals surface area contributed by atoms with Gasteiger partial charge in [-0.3, -0.25) is 4.98 Å². The van der Waals surface area contributed by atoms with E-state index in [2.05, 4.69) is 54.0 Å². The van der Waals surface area contributed by atoms with Crippen LogP contribution >= 0.6 is 0 Å². The molecule has 1 aliphatic carbocycles. The lowest BCUT2D eigenvalue weighted by molar-refractivity contribution is 0.200. The van der Waals surface area contributed by atoms with Gasteiger partial charge in [0.05, 0.1) is 13.2 Å². The topological polar surface area (TPSA) is 31.4 Å². The highest BCUT2D eigenvalue weighted by Crippen LogP contribution is 2.41. The SMILES string of the molecule is C=C[C@](Cc1ccccn1)(c1ccccc1)c1ccc(OC)c(OC2CCCC2)c1. The molecule has 3 aromatic rings. The number of rotatable bonds is 8. The summed E-state index contributed by atoms with van der Waals surface area (Å²) in [5, 5.41) is 0. The van der Waals surface area contributed by atoms with Gasteiger partial charge < -0.3 is 9.47 Å². The summed E-state index contributed by atoms with van der Waals surface area (Å²) in [5.74, 6) is 1.58. The lowest BCUT2D eigenvalue weighted by Crippen LogP contribution is -2.28. The zero-order valence-corrected chi connectivity index (χ0v) is 17.6. The molecule has 1 aliphatic rings. The molecular formula is C27H29NO2. The van der Waals surface area contributed by atoms with Gasteiger partial charge in [-0.25, -0.2) is 0 Å². The minimum Gasteiger partial charge on any atom is -0.493 e. The normalized spacial score (nSPS) is 16.0. The number of pyridine rings is 1. The van der Waals surface area contributed by atoms with E-state index >= 15 is 0 Å². The van der Waals surface area contributed by atoms with Crippen LogP contribution in [0.4, 0.5) is 0 Å². The fraction of sp³-hybridized carbons (Fsp3) is 0.296. The van der Waals surface area contributed by atoms with Crippen LogP contribution in [0.5, 0.6) is 11.5 Å². The lowest BCUT2D eigenvalue weighted by Gasteiger charge is -2.32. The van der Waals surface area contributed by atoms with E-state index in [-0.39, 0.29) is 6.10 Å². The van der Waals surface area contributed by atoms with Crippen molar-refractivity contribution in [2.45, 2.75) is 43.6 Å². The fourth-order valence-electron chi connectivity index (χ4n) is 4.43. The third-order valence-electron chi connectivity index (χ3n) is 6.10. The number of hydrogen-bond acceptors (Lipinski definition) is 3. The summed E-state index contributed by atoms with van der Waals surface area (Å²) in [6.07, 6.45) is 9.53. The Balaban J connectivity index is 1.81. The maximum atomic E-state index is 6.39. The van der Waals surface area contributed by atoms with Crippen LogP contribution in [0, 0.1) is 0 Å². The molecule has 1 heterocycles. The van der Waals surface area contributed by atoms with E-state index in [1.165, 1.54) is 18.4 Å². The highest BCUT2D eigenvalue weighted by molar-refractivity contribution is 5.52. The van der Waals surface area contributed by atoms with Gasteiger partial charge in [-0.15, -0.1) is 6.58 Å². The van der Waals surface area contributed by atoms with Crippen molar-refractivity contribution in [3.63, 3.8) is 0 Å². The Labute approximate surface area is 179 Å². The second-order valence-corrected chi connectivity index (χ2v) is 7.93. The van der Waals surface area contributed by atoms with Crippen molar-refractivity contribution in [1.29, 1.82) is 0 Å². The van der Waals surface area contributed by atoms with Crippen LogP contribution in [0.1, 0.15) is 42.5 Å². The van der Waals surface area contributed by atoms with Crippen LogP contribution in [-0.4, -0.2) is 18.2 Å². The van der Waals surface area contributed by atoms with Gasteiger partial charge in [0.1, 0.15) is 0 Å². The zero-order chi connectivity index (χ0) is 20.8. The summed E-state index contributed by atoms with van der Waals surface area (Å²) in [6.45, 7) is 4.26. The number of methoxy groups -OCH3 is 1. The Hall–Kier alpha value is -3.07. The summed E-state index contributed by atoms with van der Waals surface area (Å²) in [5.41, 5.74) is 2.91. The predicted octanol–water partition coefficient (Wildman–Crippen LogP) is 6.13. The average Bonchev–Trinajstić information content (AvgIpc) is 3.32. The second-order valence-electron chi connectivity index (χ2n) is 7.93. The first-order chi connectivity index (χ1) is 14.7. The summed E-state index contributed by atoms with van der Waals surface area (Å²) < 4.78 is 12.0. The third-order valence-corrected chi connectivity index (χ3v) is 6.10. The Morgan fingerprint density at radius 1 is 0.967 bits per heavy atom. The van der Waals surface area contributed by atoms with Crippen LogP contribution in [0.3, 0.4) is 0 Å². The molecule has 4 rings (SSSR count). The predicted molar refractivity (Wildman–Crippen MR) is 121 cm³/mol. The van der Waals surface area contributed by atoms with Crippen molar-refractivity contribution < 1.29 is 9.47 Å². The molecule has 1 atom stereocenters. The van der Waals surface area contributed by atoms with Gasteiger partial charge in [-0.05, 0) is 61.1 Å². The Kier molecular flexibility index (Phi) is 6.18. The Bertz CT molecular complexity index is 965. The lowest BCUT2D eigenvalue weighted by atomic mass is 9.71. The van der Waals surface area contributed by atoms with Crippen molar-refractivity contribution in [3.05, 3.63) is 102 Å². The van der Waals surface area contributed by atoms with E-state index in [1.54, 1.807) is 7.11 Å². The van der Waals surface area contributed by atoms with Crippen LogP contribution in [0.15, 0.2) is 85.6 Å². The van der Waals surface area contributed by atoms with Crippen LogP contribution in [0.25, 0.3) is 0 Å². The summed E-state index contributed by atoms with van der Waals surface area (Å²) in [7, 11) is 1.70. The maximum Gasteiger partial charge on any atom is 0.161 e. The zero-order valence-electron chi connectivity index (χ0n) is 17.6. The molecule has 1 fully saturated rings. The Morgan fingerprint density at radius 2 is 1.73 bits per heavy atom. The van der Waals surface area contributed by atoms with Crippen molar-refractivity contribution in [3.8, 4) is 11.5 Å². The van der Waals surface area contributed by atoms with E-state index in [0.717, 1.165) is 42.0 Å². The van der Waals surface area contributed by atoms with Gasteiger partial charge >= 0.3 is 0 Å². The smallest absolute Gasteiger partial charge is 0.161 e. The first-order valence-corrected chi connectivity index (χ1v) is 10.7. The van der Waals surface area contributed by atoms with Crippen LogP contribution < -0.4 is 9.47 Å². The highest BCUT2D eigenvalue weighted by atomic mass is 16.5. The monoisotopic (exact) mass is 399 g/mol. The minimum absolute atomic E-state index is 0.264. The molecule has 0 spiro atoms. The molecule has 3 heteroatoms.